The predicted octanol–water partition coefficient (Wildman–Crippen LogP) is 2.51. The zero-order valence-corrected chi connectivity index (χ0v) is 14.7. The van der Waals surface area contributed by atoms with Gasteiger partial charge in [0.25, 0.3) is 5.91 Å². The van der Waals surface area contributed by atoms with Crippen LogP contribution in [-0.2, 0) is 0 Å². The lowest BCUT2D eigenvalue weighted by atomic mass is 10.0. The van der Waals surface area contributed by atoms with Crippen molar-refractivity contribution in [2.75, 3.05) is 34.3 Å². The van der Waals surface area contributed by atoms with Gasteiger partial charge in [0.1, 0.15) is 17.6 Å². The van der Waals surface area contributed by atoms with Gasteiger partial charge in [0.15, 0.2) is 0 Å². The minimum absolute atomic E-state index is 0.000703. The molecular formula is C20H22N2O3. The number of fused-ring (bicyclic) bond motifs is 2. The molecule has 2 aliphatic rings. The molecule has 25 heavy (non-hydrogen) atoms. The number of likely N-dealkylation sites (N-methyl/N-ethyl adjacent to an activating group) is 2. The van der Waals surface area contributed by atoms with Crippen molar-refractivity contribution in [1.29, 1.82) is 0 Å². The largest absolute Gasteiger partial charge is 0.497 e. The van der Waals surface area contributed by atoms with E-state index in [4.69, 9.17) is 9.47 Å². The van der Waals surface area contributed by atoms with Crippen LogP contribution in [0.2, 0.25) is 0 Å². The van der Waals surface area contributed by atoms with Gasteiger partial charge in [-0.1, -0.05) is 18.2 Å². The van der Waals surface area contributed by atoms with Crippen LogP contribution in [0, 0.1) is 0 Å². The molecule has 0 radical (unpaired) electrons. The summed E-state index contributed by atoms with van der Waals surface area (Å²) in [5.41, 5.74) is 2.68. The maximum absolute atomic E-state index is 12.8. The summed E-state index contributed by atoms with van der Waals surface area (Å²) in [5, 5.41) is 0. The van der Waals surface area contributed by atoms with E-state index in [0.29, 0.717) is 11.3 Å². The highest BCUT2D eigenvalue weighted by molar-refractivity contribution is 5.98. The molecule has 0 bridgehead atoms. The Morgan fingerprint density at radius 3 is 2.68 bits per heavy atom. The number of hydrogen-bond donors (Lipinski definition) is 0. The van der Waals surface area contributed by atoms with Gasteiger partial charge < -0.3 is 19.3 Å². The second kappa shape index (κ2) is 6.08. The van der Waals surface area contributed by atoms with Gasteiger partial charge in [-0.05, 0) is 42.4 Å². The molecular weight excluding hydrogens is 316 g/mol. The van der Waals surface area contributed by atoms with E-state index in [1.807, 2.05) is 54.4 Å². The molecule has 5 nitrogen and oxygen atoms in total. The zero-order valence-electron chi connectivity index (χ0n) is 14.7. The van der Waals surface area contributed by atoms with E-state index < -0.39 is 0 Å². The SMILES string of the molecule is COc1cccc(-c2ccc3c(c2)OC2CN(C)CC2N(C)C3=O)c1. The molecule has 0 saturated carbocycles. The highest BCUT2D eigenvalue weighted by Gasteiger charge is 2.41. The van der Waals surface area contributed by atoms with Gasteiger partial charge in [0, 0.05) is 20.1 Å². The molecule has 0 spiro atoms. The lowest BCUT2D eigenvalue weighted by Crippen LogP contribution is -2.44. The lowest BCUT2D eigenvalue weighted by molar-refractivity contribution is 0.0682. The molecule has 2 aromatic rings. The second-order valence-electron chi connectivity index (χ2n) is 6.80. The average Bonchev–Trinajstić information content (AvgIpc) is 2.96. The molecule has 1 fully saturated rings. The fraction of sp³-hybridized carbons (Fsp3) is 0.350. The van der Waals surface area contributed by atoms with Crippen molar-refractivity contribution in [3.05, 3.63) is 48.0 Å². The molecule has 1 amide bonds. The van der Waals surface area contributed by atoms with Crippen molar-refractivity contribution < 1.29 is 14.3 Å². The highest BCUT2D eigenvalue weighted by atomic mass is 16.5. The molecule has 0 N–H and O–H groups in total. The van der Waals surface area contributed by atoms with Crippen molar-refractivity contribution in [3.8, 4) is 22.6 Å². The van der Waals surface area contributed by atoms with Gasteiger partial charge >= 0.3 is 0 Å². The third kappa shape index (κ3) is 2.74. The molecule has 0 aromatic heterocycles. The summed E-state index contributed by atoms with van der Waals surface area (Å²) in [6.07, 6.45) is 0.000703. The van der Waals surface area contributed by atoms with E-state index in [0.717, 1.165) is 30.0 Å². The number of carbonyl (C=O) groups is 1. The van der Waals surface area contributed by atoms with Crippen molar-refractivity contribution >= 4 is 5.91 Å². The molecule has 2 heterocycles. The van der Waals surface area contributed by atoms with Gasteiger partial charge in [-0.2, -0.15) is 0 Å². The first-order valence-electron chi connectivity index (χ1n) is 8.47. The van der Waals surface area contributed by atoms with Crippen molar-refractivity contribution in [2.24, 2.45) is 0 Å². The minimum atomic E-state index is 0.000703. The Labute approximate surface area is 147 Å². The molecule has 1 saturated heterocycles. The number of amides is 1. The second-order valence-corrected chi connectivity index (χ2v) is 6.80. The predicted molar refractivity (Wildman–Crippen MR) is 96.2 cm³/mol. The van der Waals surface area contributed by atoms with Crippen LogP contribution in [0.15, 0.2) is 42.5 Å². The number of hydrogen-bond acceptors (Lipinski definition) is 4. The van der Waals surface area contributed by atoms with E-state index in [-0.39, 0.29) is 18.1 Å². The van der Waals surface area contributed by atoms with Crippen LogP contribution in [0.1, 0.15) is 10.4 Å². The smallest absolute Gasteiger partial charge is 0.257 e. The third-order valence-electron chi connectivity index (χ3n) is 5.13. The Morgan fingerprint density at radius 2 is 1.88 bits per heavy atom. The summed E-state index contributed by atoms with van der Waals surface area (Å²) in [5.74, 6) is 1.50. The third-order valence-corrected chi connectivity index (χ3v) is 5.13. The Bertz CT molecular complexity index is 820. The molecule has 130 valence electrons. The van der Waals surface area contributed by atoms with Gasteiger partial charge in [0.05, 0.1) is 18.7 Å². The Morgan fingerprint density at radius 1 is 1.08 bits per heavy atom. The van der Waals surface area contributed by atoms with Gasteiger partial charge in [-0.3, -0.25) is 4.79 Å². The Balaban J connectivity index is 1.75. The number of carbonyl (C=O) groups excluding carboxylic acids is 1. The average molecular weight is 338 g/mol. The number of likely N-dealkylation sites (tertiary alicyclic amines) is 1. The molecule has 2 unspecified atom stereocenters. The molecule has 2 aliphatic heterocycles. The van der Waals surface area contributed by atoms with E-state index in [9.17, 15) is 4.79 Å². The summed E-state index contributed by atoms with van der Waals surface area (Å²) in [7, 11) is 5.59. The van der Waals surface area contributed by atoms with Crippen LogP contribution in [-0.4, -0.2) is 62.1 Å². The molecule has 5 heteroatoms. The minimum Gasteiger partial charge on any atom is -0.497 e. The number of nitrogens with zero attached hydrogens (tertiary/aromatic N) is 2. The number of ether oxygens (including phenoxy) is 2. The molecule has 4 rings (SSSR count). The standard InChI is InChI=1S/C20H22N2O3/c1-21-11-17-19(12-21)25-18-10-14(7-8-16(18)20(23)22(17)2)13-5-4-6-15(9-13)24-3/h4-10,17,19H,11-12H2,1-3H3. The monoisotopic (exact) mass is 338 g/mol. The summed E-state index contributed by atoms with van der Waals surface area (Å²) in [4.78, 5) is 16.9. The maximum Gasteiger partial charge on any atom is 0.257 e. The summed E-state index contributed by atoms with van der Waals surface area (Å²) >= 11 is 0. The summed E-state index contributed by atoms with van der Waals surface area (Å²) < 4.78 is 11.6. The lowest BCUT2D eigenvalue weighted by Gasteiger charge is -2.25. The first-order valence-corrected chi connectivity index (χ1v) is 8.47. The van der Waals surface area contributed by atoms with Crippen molar-refractivity contribution in [1.82, 2.24) is 9.80 Å². The number of methoxy groups -OCH3 is 1. The Kier molecular flexibility index (Phi) is 3.88. The van der Waals surface area contributed by atoms with E-state index >= 15 is 0 Å². The quantitative estimate of drug-likeness (QED) is 0.844. The first kappa shape index (κ1) is 16.0. The van der Waals surface area contributed by atoms with E-state index in [2.05, 4.69) is 11.9 Å². The topological polar surface area (TPSA) is 42.0 Å². The normalized spacial score (nSPS) is 22.8. The van der Waals surface area contributed by atoms with Crippen LogP contribution in [0.3, 0.4) is 0 Å². The van der Waals surface area contributed by atoms with Crippen LogP contribution in [0.5, 0.6) is 11.5 Å². The number of benzene rings is 2. The van der Waals surface area contributed by atoms with Crippen molar-refractivity contribution in [3.63, 3.8) is 0 Å². The van der Waals surface area contributed by atoms with E-state index in [1.54, 1.807) is 7.11 Å². The van der Waals surface area contributed by atoms with Crippen LogP contribution in [0.4, 0.5) is 0 Å². The van der Waals surface area contributed by atoms with Crippen molar-refractivity contribution in [2.45, 2.75) is 12.1 Å². The van der Waals surface area contributed by atoms with Gasteiger partial charge in [-0.25, -0.2) is 0 Å². The molecule has 2 aromatic carbocycles. The van der Waals surface area contributed by atoms with Gasteiger partial charge in [0.2, 0.25) is 0 Å². The van der Waals surface area contributed by atoms with E-state index in [1.165, 1.54) is 0 Å². The Hall–Kier alpha value is -2.53. The fourth-order valence-corrected chi connectivity index (χ4v) is 3.71. The number of rotatable bonds is 2. The zero-order chi connectivity index (χ0) is 17.6. The van der Waals surface area contributed by atoms with Gasteiger partial charge in [-0.15, -0.1) is 0 Å². The summed E-state index contributed by atoms with van der Waals surface area (Å²) in [6, 6.07) is 13.8. The fourth-order valence-electron chi connectivity index (χ4n) is 3.71. The van der Waals surface area contributed by atoms with Crippen LogP contribution < -0.4 is 9.47 Å². The van der Waals surface area contributed by atoms with Crippen LogP contribution >= 0.6 is 0 Å². The molecule has 2 atom stereocenters. The first-order chi connectivity index (χ1) is 12.1. The molecule has 0 aliphatic carbocycles. The van der Waals surface area contributed by atoms with Crippen LogP contribution in [0.25, 0.3) is 11.1 Å². The maximum atomic E-state index is 12.8. The summed E-state index contributed by atoms with van der Waals surface area (Å²) in [6.45, 7) is 1.66. The highest BCUT2D eigenvalue weighted by Crippen LogP contribution is 2.34.